The highest BCUT2D eigenvalue weighted by Crippen LogP contribution is 2.30. The minimum atomic E-state index is -0.0885. The summed E-state index contributed by atoms with van der Waals surface area (Å²) in [6.45, 7) is 3.87. The summed E-state index contributed by atoms with van der Waals surface area (Å²) in [4.78, 5) is 22.8. The molecule has 35 heavy (non-hydrogen) atoms. The Morgan fingerprint density at radius 1 is 1.09 bits per heavy atom. The Bertz CT molecular complexity index is 1640. The summed E-state index contributed by atoms with van der Waals surface area (Å²) >= 11 is 0. The van der Waals surface area contributed by atoms with Crippen molar-refractivity contribution in [3.05, 3.63) is 106 Å². The molecule has 0 N–H and O–H groups in total. The van der Waals surface area contributed by atoms with Gasteiger partial charge in [-0.3, -0.25) is 14.0 Å². The van der Waals surface area contributed by atoms with Gasteiger partial charge in [0.15, 0.2) is 0 Å². The van der Waals surface area contributed by atoms with Gasteiger partial charge in [-0.1, -0.05) is 43.3 Å². The molecule has 3 aromatic heterocycles. The number of nitrogens with zero attached hydrogens (tertiary/aromatic N) is 6. The van der Waals surface area contributed by atoms with Crippen molar-refractivity contribution < 1.29 is 0 Å². The van der Waals surface area contributed by atoms with Crippen LogP contribution in [0, 0.1) is 18.3 Å². The zero-order valence-corrected chi connectivity index (χ0v) is 19.8. The van der Waals surface area contributed by atoms with Crippen LogP contribution >= 0.6 is 0 Å². The van der Waals surface area contributed by atoms with Crippen molar-refractivity contribution in [3.8, 4) is 22.9 Å². The maximum atomic E-state index is 14.1. The van der Waals surface area contributed by atoms with E-state index in [0.717, 1.165) is 27.9 Å². The van der Waals surface area contributed by atoms with Crippen molar-refractivity contribution in [2.45, 2.75) is 26.2 Å². The molecule has 7 nitrogen and oxygen atoms in total. The molecule has 0 bridgehead atoms. The predicted molar refractivity (Wildman–Crippen MR) is 135 cm³/mol. The third-order valence-electron chi connectivity index (χ3n) is 6.22. The maximum absolute atomic E-state index is 14.1. The van der Waals surface area contributed by atoms with E-state index in [4.69, 9.17) is 0 Å². The maximum Gasteiger partial charge on any atom is 0.263 e. The molecule has 0 unspecified atom stereocenters. The van der Waals surface area contributed by atoms with E-state index in [-0.39, 0.29) is 11.5 Å². The Hall–Kier alpha value is -4.57. The Labute approximate surface area is 203 Å². The Morgan fingerprint density at radius 2 is 1.89 bits per heavy atom. The predicted octanol–water partition coefficient (Wildman–Crippen LogP) is 4.71. The first-order chi connectivity index (χ1) is 17.0. The molecule has 0 aliphatic carbocycles. The van der Waals surface area contributed by atoms with Gasteiger partial charge in [-0.15, -0.1) is 0 Å². The third-order valence-corrected chi connectivity index (χ3v) is 6.22. The van der Waals surface area contributed by atoms with Crippen LogP contribution in [-0.2, 0) is 13.5 Å². The van der Waals surface area contributed by atoms with Crippen molar-refractivity contribution in [2.24, 2.45) is 7.05 Å². The van der Waals surface area contributed by atoms with E-state index >= 15 is 0 Å². The molecule has 0 fully saturated rings. The van der Waals surface area contributed by atoms with Gasteiger partial charge in [0.1, 0.15) is 11.9 Å². The zero-order valence-electron chi connectivity index (χ0n) is 19.8. The molecule has 0 spiro atoms. The average molecular weight is 461 g/mol. The molecule has 0 aliphatic rings. The van der Waals surface area contributed by atoms with Crippen molar-refractivity contribution in [3.63, 3.8) is 0 Å². The molecule has 0 aliphatic heterocycles. The molecule has 5 rings (SSSR count). The molecule has 0 saturated carbocycles. The molecule has 1 atom stereocenters. The summed E-state index contributed by atoms with van der Waals surface area (Å²) in [7, 11) is 1.86. The molecule has 7 heteroatoms. The second kappa shape index (κ2) is 8.99. The Balaban J connectivity index is 1.74. The summed E-state index contributed by atoms with van der Waals surface area (Å²) in [5.74, 6) is 0.530. The largest absolute Gasteiger partial charge is 0.280 e. The molecule has 5 aromatic rings. The fourth-order valence-corrected chi connectivity index (χ4v) is 4.55. The van der Waals surface area contributed by atoms with Crippen molar-refractivity contribution in [2.75, 3.05) is 0 Å². The highest BCUT2D eigenvalue weighted by atomic mass is 16.1. The van der Waals surface area contributed by atoms with Gasteiger partial charge >= 0.3 is 0 Å². The fraction of sp³-hybridized carbons (Fsp3) is 0.179. The van der Waals surface area contributed by atoms with Crippen LogP contribution in [0.1, 0.15) is 35.6 Å². The lowest BCUT2D eigenvalue weighted by Crippen LogP contribution is -2.24. The van der Waals surface area contributed by atoms with Gasteiger partial charge in [0.05, 0.1) is 22.8 Å². The monoisotopic (exact) mass is 460 g/mol. The number of fused-ring (bicyclic) bond motifs is 1. The quantitative estimate of drug-likeness (QED) is 0.379. The number of hydrogen-bond acceptors (Lipinski definition) is 5. The van der Waals surface area contributed by atoms with E-state index in [1.165, 1.54) is 0 Å². The standard InChI is InChI=1S/C28H24N6O/c1-18(12-25-21(14-29)15-30-19(2)32-25)26-13-20-8-7-11-24(22-16-31-33(3)17-22)27(20)28(35)34(26)23-9-5-4-6-10-23/h4-11,13,15-18H,12H2,1-3H3/t18-/m1/s1. The van der Waals surface area contributed by atoms with E-state index in [9.17, 15) is 10.1 Å². The lowest BCUT2D eigenvalue weighted by atomic mass is 9.94. The van der Waals surface area contributed by atoms with Gasteiger partial charge in [0.2, 0.25) is 0 Å². The smallest absolute Gasteiger partial charge is 0.263 e. The van der Waals surface area contributed by atoms with Crippen molar-refractivity contribution in [1.82, 2.24) is 24.3 Å². The molecular formula is C28H24N6O. The Morgan fingerprint density at radius 3 is 2.60 bits per heavy atom. The van der Waals surface area contributed by atoms with Gasteiger partial charge in [-0.05, 0) is 42.5 Å². The van der Waals surface area contributed by atoms with E-state index in [0.29, 0.717) is 28.9 Å². The summed E-state index contributed by atoms with van der Waals surface area (Å²) in [6, 6.07) is 19.8. The van der Waals surface area contributed by atoms with Gasteiger partial charge in [-0.25, -0.2) is 9.97 Å². The van der Waals surface area contributed by atoms with Gasteiger partial charge < -0.3 is 0 Å². The molecule has 3 heterocycles. The summed E-state index contributed by atoms with van der Waals surface area (Å²) < 4.78 is 3.52. The number of para-hydroxylation sites is 1. The van der Waals surface area contributed by atoms with E-state index in [1.54, 1.807) is 21.6 Å². The van der Waals surface area contributed by atoms with Gasteiger partial charge in [0.25, 0.3) is 5.56 Å². The van der Waals surface area contributed by atoms with E-state index < -0.39 is 0 Å². The summed E-state index contributed by atoms with van der Waals surface area (Å²) in [5, 5.41) is 15.4. The molecule has 0 radical (unpaired) electrons. The lowest BCUT2D eigenvalue weighted by Gasteiger charge is -2.21. The third kappa shape index (κ3) is 4.11. The van der Waals surface area contributed by atoms with Crippen LogP contribution in [0.2, 0.25) is 0 Å². The van der Waals surface area contributed by atoms with Crippen LogP contribution in [0.3, 0.4) is 0 Å². The number of aromatic nitrogens is 5. The van der Waals surface area contributed by atoms with E-state index in [1.807, 2.05) is 68.7 Å². The highest BCUT2D eigenvalue weighted by molar-refractivity contribution is 5.96. The van der Waals surface area contributed by atoms with Crippen LogP contribution in [0.5, 0.6) is 0 Å². The van der Waals surface area contributed by atoms with Crippen LogP contribution < -0.4 is 5.56 Å². The van der Waals surface area contributed by atoms with Gasteiger partial charge in [-0.2, -0.15) is 10.4 Å². The second-order valence-electron chi connectivity index (χ2n) is 8.71. The van der Waals surface area contributed by atoms with E-state index in [2.05, 4.69) is 34.1 Å². The topological polar surface area (TPSA) is 89.4 Å². The SMILES string of the molecule is Cc1ncc(C#N)c(C[C@@H](C)c2cc3cccc(-c4cnn(C)c4)c3c(=O)n2-c2ccccc2)n1. The number of nitriles is 1. The number of pyridine rings is 1. The number of rotatable bonds is 5. The van der Waals surface area contributed by atoms with Crippen LogP contribution in [0.25, 0.3) is 27.6 Å². The molecule has 172 valence electrons. The van der Waals surface area contributed by atoms with Gasteiger partial charge in [0, 0.05) is 42.3 Å². The molecular weight excluding hydrogens is 436 g/mol. The second-order valence-corrected chi connectivity index (χ2v) is 8.71. The van der Waals surface area contributed by atoms with Crippen molar-refractivity contribution in [1.29, 1.82) is 5.26 Å². The molecule has 0 saturated heterocycles. The Kier molecular flexibility index (Phi) is 5.71. The minimum absolute atomic E-state index is 0.0873. The van der Waals surface area contributed by atoms with Crippen LogP contribution in [-0.4, -0.2) is 24.3 Å². The average Bonchev–Trinajstić information content (AvgIpc) is 3.30. The number of hydrogen-bond donors (Lipinski definition) is 0. The summed E-state index contributed by atoms with van der Waals surface area (Å²) in [5.41, 5.74) is 4.45. The normalized spacial score (nSPS) is 11.9. The molecule has 2 aromatic carbocycles. The first-order valence-corrected chi connectivity index (χ1v) is 11.4. The summed E-state index contributed by atoms with van der Waals surface area (Å²) in [6.07, 6.45) is 5.76. The number of benzene rings is 2. The first-order valence-electron chi connectivity index (χ1n) is 11.4. The van der Waals surface area contributed by atoms with Crippen LogP contribution in [0.4, 0.5) is 0 Å². The zero-order chi connectivity index (χ0) is 24.5. The van der Waals surface area contributed by atoms with Crippen LogP contribution in [0.15, 0.2) is 78.0 Å². The number of aryl methyl sites for hydroxylation is 2. The lowest BCUT2D eigenvalue weighted by molar-refractivity contribution is 0.679. The minimum Gasteiger partial charge on any atom is -0.280 e. The highest BCUT2D eigenvalue weighted by Gasteiger charge is 2.20. The first kappa shape index (κ1) is 22.2. The van der Waals surface area contributed by atoms with Crippen molar-refractivity contribution >= 4 is 10.8 Å². The fourth-order valence-electron chi connectivity index (χ4n) is 4.55. The molecule has 0 amide bonds.